The maximum absolute atomic E-state index is 14.2. The summed E-state index contributed by atoms with van der Waals surface area (Å²) in [6, 6.07) is 10.4. The molecular formula is C17H15FN4P2. The molecule has 1 fully saturated rings. The van der Waals surface area contributed by atoms with Crippen molar-refractivity contribution in [1.82, 2.24) is 14.4 Å². The summed E-state index contributed by atoms with van der Waals surface area (Å²) in [5.74, 6) is 0.264. The van der Waals surface area contributed by atoms with Gasteiger partial charge in [0.05, 0.1) is 17.7 Å². The SMILES string of the molecule is N#CC1(c2ccc(-c3cnc4cnc(C(F)(P)P)n4c3)cc2)CC1. The van der Waals surface area contributed by atoms with Gasteiger partial charge in [-0.2, -0.15) is 5.26 Å². The Balaban J connectivity index is 1.75. The van der Waals surface area contributed by atoms with Crippen LogP contribution in [0.5, 0.6) is 0 Å². The predicted molar refractivity (Wildman–Crippen MR) is 97.2 cm³/mol. The molecule has 120 valence electrons. The van der Waals surface area contributed by atoms with E-state index in [1.165, 1.54) is 0 Å². The second-order valence-electron chi connectivity index (χ2n) is 6.19. The number of imidazole rings is 1. The van der Waals surface area contributed by atoms with Crippen LogP contribution in [0.3, 0.4) is 0 Å². The number of hydrogen-bond donors (Lipinski definition) is 0. The average molecular weight is 356 g/mol. The van der Waals surface area contributed by atoms with E-state index < -0.39 is 5.15 Å². The summed E-state index contributed by atoms with van der Waals surface area (Å²) in [5, 5.41) is 7.58. The molecular weight excluding hydrogens is 341 g/mol. The molecule has 24 heavy (non-hydrogen) atoms. The first-order chi connectivity index (χ1) is 11.4. The van der Waals surface area contributed by atoms with Gasteiger partial charge in [0.15, 0.2) is 16.6 Å². The normalized spacial score (nSPS) is 16.1. The summed E-state index contributed by atoms with van der Waals surface area (Å²) in [6.07, 6.45) is 6.98. The third kappa shape index (κ3) is 2.51. The van der Waals surface area contributed by atoms with E-state index in [0.717, 1.165) is 29.5 Å². The fourth-order valence-corrected chi connectivity index (χ4v) is 3.31. The second-order valence-corrected chi connectivity index (χ2v) is 8.54. The minimum Gasteiger partial charge on any atom is -0.284 e. The minimum atomic E-state index is -1.71. The lowest BCUT2D eigenvalue weighted by Crippen LogP contribution is -2.07. The molecule has 0 radical (unpaired) electrons. The number of benzene rings is 1. The molecule has 4 rings (SSSR count). The highest BCUT2D eigenvalue weighted by Gasteiger charge is 2.44. The van der Waals surface area contributed by atoms with Gasteiger partial charge in [0.25, 0.3) is 0 Å². The van der Waals surface area contributed by atoms with E-state index in [2.05, 4.69) is 34.5 Å². The Morgan fingerprint density at radius 2 is 1.83 bits per heavy atom. The van der Waals surface area contributed by atoms with Crippen molar-refractivity contribution in [2.24, 2.45) is 0 Å². The molecule has 1 aromatic carbocycles. The largest absolute Gasteiger partial charge is 0.284 e. The Morgan fingerprint density at radius 3 is 2.42 bits per heavy atom. The quantitative estimate of drug-likeness (QED) is 0.671. The summed E-state index contributed by atoms with van der Waals surface area (Å²) in [6.45, 7) is 0. The molecule has 2 atom stereocenters. The van der Waals surface area contributed by atoms with Crippen molar-refractivity contribution in [3.63, 3.8) is 0 Å². The lowest BCUT2D eigenvalue weighted by atomic mass is 9.95. The molecule has 0 bridgehead atoms. The fourth-order valence-electron chi connectivity index (χ4n) is 2.89. The van der Waals surface area contributed by atoms with Crippen molar-refractivity contribution < 1.29 is 4.39 Å². The van der Waals surface area contributed by atoms with Gasteiger partial charge in [-0.15, -0.1) is 0 Å². The fraction of sp³-hybridized carbons (Fsp3) is 0.235. The molecule has 1 aliphatic rings. The molecule has 2 heterocycles. The van der Waals surface area contributed by atoms with Crippen LogP contribution in [0.15, 0.2) is 42.9 Å². The molecule has 1 aliphatic carbocycles. The van der Waals surface area contributed by atoms with Crippen LogP contribution in [0.4, 0.5) is 4.39 Å². The molecule has 0 saturated heterocycles. The van der Waals surface area contributed by atoms with E-state index in [-0.39, 0.29) is 11.2 Å². The highest BCUT2D eigenvalue weighted by atomic mass is 31.1. The van der Waals surface area contributed by atoms with Crippen LogP contribution in [0.25, 0.3) is 16.8 Å². The predicted octanol–water partition coefficient (Wildman–Crippen LogP) is 3.78. The monoisotopic (exact) mass is 356 g/mol. The summed E-state index contributed by atoms with van der Waals surface area (Å²) < 4.78 is 15.9. The van der Waals surface area contributed by atoms with Gasteiger partial charge >= 0.3 is 0 Å². The summed E-state index contributed by atoms with van der Waals surface area (Å²) >= 11 is 0. The lowest BCUT2D eigenvalue weighted by molar-refractivity contribution is 0.403. The minimum absolute atomic E-state index is 0.264. The molecule has 0 amide bonds. The van der Waals surface area contributed by atoms with E-state index in [4.69, 9.17) is 0 Å². The number of nitrogens with zero attached hydrogens (tertiary/aromatic N) is 4. The van der Waals surface area contributed by atoms with Crippen molar-refractivity contribution in [3.05, 3.63) is 54.2 Å². The molecule has 0 aliphatic heterocycles. The first kappa shape index (κ1) is 15.6. The first-order valence-electron chi connectivity index (χ1n) is 7.55. The Bertz CT molecular complexity index is 963. The maximum atomic E-state index is 14.2. The molecule has 0 N–H and O–H groups in total. The maximum Gasteiger partial charge on any atom is 0.192 e. The zero-order valence-corrected chi connectivity index (χ0v) is 15.1. The van der Waals surface area contributed by atoms with Crippen LogP contribution in [-0.2, 0) is 10.6 Å². The number of aromatic nitrogens is 3. The van der Waals surface area contributed by atoms with E-state index in [1.54, 1.807) is 16.8 Å². The molecule has 7 heteroatoms. The molecule has 1 saturated carbocycles. The number of hydrogen-bond acceptors (Lipinski definition) is 3. The van der Waals surface area contributed by atoms with Gasteiger partial charge in [0.1, 0.15) is 0 Å². The van der Waals surface area contributed by atoms with Gasteiger partial charge in [-0.05, 0) is 24.0 Å². The van der Waals surface area contributed by atoms with E-state index in [1.807, 2.05) is 30.5 Å². The van der Waals surface area contributed by atoms with Crippen molar-refractivity contribution in [2.45, 2.75) is 23.4 Å². The van der Waals surface area contributed by atoms with Gasteiger partial charge in [-0.25, -0.2) is 14.4 Å². The van der Waals surface area contributed by atoms with Crippen molar-refractivity contribution >= 4 is 24.1 Å². The Kier molecular flexibility index (Phi) is 3.46. The van der Waals surface area contributed by atoms with Crippen LogP contribution in [-0.4, -0.2) is 14.4 Å². The summed E-state index contributed by atoms with van der Waals surface area (Å²) in [7, 11) is 4.25. The van der Waals surface area contributed by atoms with Gasteiger partial charge in [-0.1, -0.05) is 42.7 Å². The highest BCUT2D eigenvalue weighted by Crippen LogP contribution is 2.47. The topological polar surface area (TPSA) is 54.0 Å². The Hall–Kier alpha value is -1.88. The second kappa shape index (κ2) is 5.31. The Morgan fingerprint density at radius 1 is 1.12 bits per heavy atom. The number of fused-ring (bicyclic) bond motifs is 1. The third-order valence-electron chi connectivity index (χ3n) is 4.46. The molecule has 4 nitrogen and oxygen atoms in total. The number of alkyl halides is 1. The van der Waals surface area contributed by atoms with Crippen LogP contribution < -0.4 is 0 Å². The first-order valence-corrected chi connectivity index (χ1v) is 8.71. The van der Waals surface area contributed by atoms with Gasteiger partial charge in [0.2, 0.25) is 0 Å². The molecule has 2 unspecified atom stereocenters. The van der Waals surface area contributed by atoms with E-state index in [0.29, 0.717) is 5.65 Å². The van der Waals surface area contributed by atoms with Crippen molar-refractivity contribution in [2.75, 3.05) is 0 Å². The smallest absolute Gasteiger partial charge is 0.192 e. The molecule has 0 spiro atoms. The average Bonchev–Trinajstić information content (AvgIpc) is 3.25. The number of rotatable bonds is 3. The number of halogens is 1. The van der Waals surface area contributed by atoms with Gasteiger partial charge < -0.3 is 0 Å². The number of nitriles is 1. The molecule has 2 aromatic heterocycles. The Labute approximate surface area is 143 Å². The lowest BCUT2D eigenvalue weighted by Gasteiger charge is -2.13. The van der Waals surface area contributed by atoms with Gasteiger partial charge in [-0.3, -0.25) is 4.40 Å². The summed E-state index contributed by atoms with van der Waals surface area (Å²) in [5.41, 5.74) is 3.21. The zero-order valence-electron chi connectivity index (χ0n) is 12.8. The van der Waals surface area contributed by atoms with Crippen LogP contribution >= 0.6 is 18.5 Å². The van der Waals surface area contributed by atoms with E-state index >= 15 is 0 Å². The molecule has 3 aromatic rings. The summed E-state index contributed by atoms with van der Waals surface area (Å²) in [4.78, 5) is 8.47. The standard InChI is InChI=1S/C17H15FN4P2/c18-17(23,24)15-21-8-14-20-7-12(9-22(14)15)11-1-3-13(4-2-11)16(10-19)5-6-16/h1-4,7-9H,5-6,23-24H2. The highest BCUT2D eigenvalue weighted by molar-refractivity contribution is 7.38. The van der Waals surface area contributed by atoms with Crippen molar-refractivity contribution in [1.29, 1.82) is 5.26 Å². The third-order valence-corrected chi connectivity index (χ3v) is 4.98. The van der Waals surface area contributed by atoms with Crippen LogP contribution in [0.2, 0.25) is 0 Å². The van der Waals surface area contributed by atoms with Crippen LogP contribution in [0.1, 0.15) is 24.2 Å². The van der Waals surface area contributed by atoms with Gasteiger partial charge in [0, 0.05) is 18.0 Å². The van der Waals surface area contributed by atoms with E-state index in [9.17, 15) is 9.65 Å². The van der Waals surface area contributed by atoms with Crippen molar-refractivity contribution in [3.8, 4) is 17.2 Å². The van der Waals surface area contributed by atoms with Crippen LogP contribution in [0, 0.1) is 11.3 Å². The zero-order chi connectivity index (χ0) is 16.9.